The minimum absolute atomic E-state index is 0.0461. The molecule has 1 heterocycles. The molecule has 2 rings (SSSR count). The average Bonchev–Trinajstić information content (AvgIpc) is 2.49. The number of benzene rings is 1. The van der Waals surface area contributed by atoms with Crippen molar-refractivity contribution in [1.82, 2.24) is 9.97 Å². The van der Waals surface area contributed by atoms with Crippen molar-refractivity contribution in [2.45, 2.75) is 39.5 Å². The molecule has 0 aliphatic rings. The highest BCUT2D eigenvalue weighted by atomic mass is 35.5. The molecule has 4 nitrogen and oxygen atoms in total. The van der Waals surface area contributed by atoms with E-state index in [0.29, 0.717) is 22.1 Å². The van der Waals surface area contributed by atoms with Crippen molar-refractivity contribution in [3.05, 3.63) is 52.4 Å². The standard InChI is InChI=1S/C17H19ClN2O2/c1-10(2)13-15(18)19-14(11(3)4)16(20-13)22-17(21)12-8-6-5-7-9-12/h5-11H,1-4H3. The zero-order valence-corrected chi connectivity index (χ0v) is 13.9. The summed E-state index contributed by atoms with van der Waals surface area (Å²) in [6.45, 7) is 7.84. The van der Waals surface area contributed by atoms with E-state index in [1.165, 1.54) is 0 Å². The number of rotatable bonds is 4. The summed E-state index contributed by atoms with van der Waals surface area (Å²) < 4.78 is 5.47. The topological polar surface area (TPSA) is 52.1 Å². The Hall–Kier alpha value is -1.94. The smallest absolute Gasteiger partial charge is 0.344 e. The molecule has 0 aliphatic heterocycles. The fourth-order valence-electron chi connectivity index (χ4n) is 1.96. The van der Waals surface area contributed by atoms with Gasteiger partial charge in [0, 0.05) is 5.92 Å². The SMILES string of the molecule is CC(C)c1nc(OC(=O)c2ccccc2)c(C(C)C)nc1Cl. The lowest BCUT2D eigenvalue weighted by atomic mass is 10.1. The summed E-state index contributed by atoms with van der Waals surface area (Å²) in [6.07, 6.45) is 0. The van der Waals surface area contributed by atoms with E-state index in [0.717, 1.165) is 0 Å². The number of carbonyl (C=O) groups is 1. The molecule has 116 valence electrons. The number of halogens is 1. The second kappa shape index (κ2) is 6.88. The Labute approximate surface area is 135 Å². The molecule has 0 atom stereocenters. The maximum atomic E-state index is 12.2. The minimum Gasteiger partial charge on any atom is -0.402 e. The van der Waals surface area contributed by atoms with Gasteiger partial charge in [-0.05, 0) is 18.1 Å². The largest absolute Gasteiger partial charge is 0.402 e. The van der Waals surface area contributed by atoms with Crippen LogP contribution in [0.1, 0.15) is 61.3 Å². The first-order valence-corrected chi connectivity index (χ1v) is 7.62. The molecule has 0 unspecified atom stereocenters. The lowest BCUT2D eigenvalue weighted by Crippen LogP contribution is -2.14. The molecule has 0 fully saturated rings. The van der Waals surface area contributed by atoms with Gasteiger partial charge in [0.05, 0.1) is 11.3 Å². The van der Waals surface area contributed by atoms with Crippen molar-refractivity contribution in [1.29, 1.82) is 0 Å². The lowest BCUT2D eigenvalue weighted by molar-refractivity contribution is 0.0724. The van der Waals surface area contributed by atoms with E-state index in [1.54, 1.807) is 24.3 Å². The third-order valence-corrected chi connectivity index (χ3v) is 3.44. The predicted octanol–water partition coefficient (Wildman–Crippen LogP) is 4.60. The van der Waals surface area contributed by atoms with Crippen LogP contribution in [0.15, 0.2) is 30.3 Å². The van der Waals surface area contributed by atoms with Gasteiger partial charge in [-0.3, -0.25) is 0 Å². The highest BCUT2D eigenvalue weighted by molar-refractivity contribution is 6.30. The minimum atomic E-state index is -0.450. The maximum absolute atomic E-state index is 12.2. The van der Waals surface area contributed by atoms with Crippen molar-refractivity contribution >= 4 is 17.6 Å². The van der Waals surface area contributed by atoms with Crippen LogP contribution in [-0.4, -0.2) is 15.9 Å². The summed E-state index contributed by atoms with van der Waals surface area (Å²) >= 11 is 6.18. The summed E-state index contributed by atoms with van der Waals surface area (Å²) in [6, 6.07) is 8.81. The van der Waals surface area contributed by atoms with Gasteiger partial charge < -0.3 is 4.74 Å². The summed E-state index contributed by atoms with van der Waals surface area (Å²) in [5.74, 6) is -0.0778. The van der Waals surface area contributed by atoms with Gasteiger partial charge in [0.1, 0.15) is 5.69 Å². The van der Waals surface area contributed by atoms with Crippen LogP contribution < -0.4 is 4.74 Å². The number of nitrogens with zero attached hydrogens (tertiary/aromatic N) is 2. The van der Waals surface area contributed by atoms with Gasteiger partial charge in [0.2, 0.25) is 5.88 Å². The van der Waals surface area contributed by atoms with Crippen LogP contribution in [0.4, 0.5) is 0 Å². The first-order valence-electron chi connectivity index (χ1n) is 7.24. The summed E-state index contributed by atoms with van der Waals surface area (Å²) in [5, 5.41) is 0.359. The fourth-order valence-corrected chi connectivity index (χ4v) is 2.31. The second-order valence-corrected chi connectivity index (χ2v) is 6.01. The van der Waals surface area contributed by atoms with E-state index in [1.807, 2.05) is 33.8 Å². The van der Waals surface area contributed by atoms with Gasteiger partial charge >= 0.3 is 5.97 Å². The molecule has 0 amide bonds. The maximum Gasteiger partial charge on any atom is 0.344 e. The van der Waals surface area contributed by atoms with Crippen molar-refractivity contribution in [3.63, 3.8) is 0 Å². The monoisotopic (exact) mass is 318 g/mol. The summed E-state index contributed by atoms with van der Waals surface area (Å²) in [4.78, 5) is 21.0. The molecule has 0 spiro atoms. The fraction of sp³-hybridized carbons (Fsp3) is 0.353. The van der Waals surface area contributed by atoms with Crippen LogP contribution in [-0.2, 0) is 0 Å². The molecule has 5 heteroatoms. The Kier molecular flexibility index (Phi) is 5.14. The lowest BCUT2D eigenvalue weighted by Gasteiger charge is -2.15. The highest BCUT2D eigenvalue weighted by Gasteiger charge is 2.20. The number of carbonyl (C=O) groups excluding carboxylic acids is 1. The average molecular weight is 319 g/mol. The Balaban J connectivity index is 2.40. The first-order chi connectivity index (χ1) is 10.4. The first kappa shape index (κ1) is 16.4. The van der Waals surface area contributed by atoms with Gasteiger partial charge in [-0.15, -0.1) is 0 Å². The van der Waals surface area contributed by atoms with E-state index < -0.39 is 5.97 Å². The highest BCUT2D eigenvalue weighted by Crippen LogP contribution is 2.29. The molecule has 0 N–H and O–H groups in total. The number of hydrogen-bond donors (Lipinski definition) is 0. The molecule has 0 radical (unpaired) electrons. The van der Waals surface area contributed by atoms with Crippen molar-refractivity contribution in [2.75, 3.05) is 0 Å². The van der Waals surface area contributed by atoms with Gasteiger partial charge in [-0.2, -0.15) is 0 Å². The van der Waals surface area contributed by atoms with Crippen LogP contribution >= 0.6 is 11.6 Å². The molecule has 1 aromatic heterocycles. The van der Waals surface area contributed by atoms with E-state index in [-0.39, 0.29) is 17.7 Å². The molecular formula is C17H19ClN2O2. The number of ether oxygens (including phenoxy) is 1. The predicted molar refractivity (Wildman–Crippen MR) is 86.6 cm³/mol. The zero-order chi connectivity index (χ0) is 16.3. The molecule has 1 aromatic carbocycles. The van der Waals surface area contributed by atoms with E-state index >= 15 is 0 Å². The van der Waals surface area contributed by atoms with Gasteiger partial charge in [0.25, 0.3) is 0 Å². The normalized spacial score (nSPS) is 11.0. The van der Waals surface area contributed by atoms with Gasteiger partial charge in [-0.1, -0.05) is 57.5 Å². The van der Waals surface area contributed by atoms with Gasteiger partial charge in [0.15, 0.2) is 5.15 Å². The number of aromatic nitrogens is 2. The Morgan fingerprint density at radius 3 is 2.14 bits per heavy atom. The molecule has 0 bridgehead atoms. The molecule has 2 aromatic rings. The van der Waals surface area contributed by atoms with Crippen LogP contribution in [0.5, 0.6) is 5.88 Å². The Morgan fingerprint density at radius 2 is 1.59 bits per heavy atom. The Bertz CT molecular complexity index is 670. The third kappa shape index (κ3) is 3.63. The van der Waals surface area contributed by atoms with E-state index in [2.05, 4.69) is 9.97 Å². The van der Waals surface area contributed by atoms with E-state index in [9.17, 15) is 4.79 Å². The summed E-state index contributed by atoms with van der Waals surface area (Å²) in [5.41, 5.74) is 1.68. The molecule has 0 aliphatic carbocycles. The quantitative estimate of drug-likeness (QED) is 0.773. The number of esters is 1. The molecular weight excluding hydrogens is 300 g/mol. The molecule has 0 saturated carbocycles. The third-order valence-electron chi connectivity index (χ3n) is 3.16. The molecule has 22 heavy (non-hydrogen) atoms. The van der Waals surface area contributed by atoms with E-state index in [4.69, 9.17) is 16.3 Å². The van der Waals surface area contributed by atoms with Crippen LogP contribution in [0, 0.1) is 0 Å². The molecule has 0 saturated heterocycles. The summed E-state index contributed by atoms with van der Waals surface area (Å²) in [7, 11) is 0. The van der Waals surface area contributed by atoms with Crippen molar-refractivity contribution in [2.24, 2.45) is 0 Å². The second-order valence-electron chi connectivity index (χ2n) is 5.65. The van der Waals surface area contributed by atoms with Crippen molar-refractivity contribution in [3.8, 4) is 5.88 Å². The van der Waals surface area contributed by atoms with Crippen LogP contribution in [0.3, 0.4) is 0 Å². The number of hydrogen-bond acceptors (Lipinski definition) is 4. The Morgan fingerprint density at radius 1 is 1.00 bits per heavy atom. The van der Waals surface area contributed by atoms with Crippen molar-refractivity contribution < 1.29 is 9.53 Å². The van der Waals surface area contributed by atoms with Crippen LogP contribution in [0.2, 0.25) is 5.15 Å². The zero-order valence-electron chi connectivity index (χ0n) is 13.1. The van der Waals surface area contributed by atoms with Gasteiger partial charge in [-0.25, -0.2) is 14.8 Å². The van der Waals surface area contributed by atoms with Crippen LogP contribution in [0.25, 0.3) is 0 Å².